The molecule has 2 heteroatoms. The third-order valence-corrected chi connectivity index (χ3v) is 0.934. The molecular weight excluding hydrogens is 142 g/mol. The number of hydrogen-bond donors (Lipinski definition) is 1. The highest BCUT2D eigenvalue weighted by Crippen LogP contribution is 1.89. The van der Waals surface area contributed by atoms with E-state index in [1.165, 1.54) is 6.54 Å². The maximum atomic E-state index is 3.40. The Labute approximate surface area is 47.3 Å². The van der Waals surface area contributed by atoms with Crippen molar-refractivity contribution in [1.82, 2.24) is 0 Å². The Morgan fingerprint density at radius 1 is 1.83 bits per heavy atom. The number of rotatable bonds is 2. The van der Waals surface area contributed by atoms with Gasteiger partial charge in [-0.2, -0.15) is 0 Å². The van der Waals surface area contributed by atoms with E-state index in [0.29, 0.717) is 4.83 Å². The molecule has 0 spiro atoms. The quantitative estimate of drug-likeness (QED) is 0.536. The molecule has 1 unspecified atom stereocenters. The molecule has 0 heterocycles. The highest BCUT2D eigenvalue weighted by atomic mass is 79.9. The summed E-state index contributed by atoms with van der Waals surface area (Å²) >= 11 is 3.40. The van der Waals surface area contributed by atoms with Crippen LogP contribution >= 0.6 is 15.9 Å². The average molecular weight is 153 g/mol. The summed E-state index contributed by atoms with van der Waals surface area (Å²) in [4.78, 5) is 0.655. The fourth-order valence-electron chi connectivity index (χ4n) is 0.325. The number of nitrogens with two attached hydrogens (primary N) is 1. The summed E-state index contributed by atoms with van der Waals surface area (Å²) in [6, 6.07) is 0. The van der Waals surface area contributed by atoms with Crippen molar-refractivity contribution in [2.45, 2.75) is 11.8 Å². The van der Waals surface area contributed by atoms with Crippen molar-refractivity contribution >= 4 is 15.9 Å². The maximum Gasteiger partial charge on any atom is 0.0877 e. The number of halogens is 1. The summed E-state index contributed by atoms with van der Waals surface area (Å²) in [5.41, 5.74) is 0. The highest BCUT2D eigenvalue weighted by Gasteiger charge is 1.90. The van der Waals surface area contributed by atoms with Gasteiger partial charge in [-0.15, -0.1) is 0 Å². The molecule has 38 valence electrons. The summed E-state index contributed by atoms with van der Waals surface area (Å²) in [6.07, 6.45) is 0. The molecular formula is C4H11BrN+. The van der Waals surface area contributed by atoms with Gasteiger partial charge in [-0.25, -0.2) is 0 Å². The van der Waals surface area contributed by atoms with Gasteiger partial charge in [0.25, 0.3) is 0 Å². The van der Waals surface area contributed by atoms with Crippen molar-refractivity contribution in [1.29, 1.82) is 0 Å². The topological polar surface area (TPSA) is 16.6 Å². The van der Waals surface area contributed by atoms with E-state index in [4.69, 9.17) is 0 Å². The Balaban J connectivity index is 2.63. The van der Waals surface area contributed by atoms with Crippen LogP contribution in [-0.2, 0) is 0 Å². The number of quaternary nitrogens is 1. The fraction of sp³-hybridized carbons (Fsp3) is 1.00. The molecule has 0 radical (unpaired) electrons. The highest BCUT2D eigenvalue weighted by molar-refractivity contribution is 9.09. The molecule has 2 N–H and O–H groups in total. The molecule has 0 saturated carbocycles. The van der Waals surface area contributed by atoms with Crippen LogP contribution < -0.4 is 5.32 Å². The molecule has 0 saturated heterocycles. The van der Waals surface area contributed by atoms with E-state index >= 15 is 0 Å². The maximum absolute atomic E-state index is 3.40. The standard InChI is InChI=1S/C4H10BrN/c1-4(5)3-6-2/h4,6H,3H2,1-2H3/p+1. The van der Waals surface area contributed by atoms with Crippen LogP contribution in [0.1, 0.15) is 6.92 Å². The van der Waals surface area contributed by atoms with Crippen molar-refractivity contribution in [3.05, 3.63) is 0 Å². The lowest BCUT2D eigenvalue weighted by molar-refractivity contribution is -0.625. The van der Waals surface area contributed by atoms with Gasteiger partial charge in [0, 0.05) is 0 Å². The van der Waals surface area contributed by atoms with Crippen molar-refractivity contribution < 1.29 is 5.32 Å². The first-order valence-electron chi connectivity index (χ1n) is 2.19. The van der Waals surface area contributed by atoms with Crippen LogP contribution in [0.3, 0.4) is 0 Å². The minimum Gasteiger partial charge on any atom is -0.348 e. The molecule has 0 amide bonds. The number of hydrogen-bond acceptors (Lipinski definition) is 0. The first-order chi connectivity index (χ1) is 2.77. The molecule has 0 aliphatic rings. The summed E-state index contributed by atoms with van der Waals surface area (Å²) in [5.74, 6) is 0. The van der Waals surface area contributed by atoms with E-state index in [9.17, 15) is 0 Å². The predicted molar refractivity (Wildman–Crippen MR) is 31.1 cm³/mol. The lowest BCUT2D eigenvalue weighted by Gasteiger charge is -1.93. The Bertz CT molecular complexity index is 28.7. The summed E-state index contributed by atoms with van der Waals surface area (Å²) in [6.45, 7) is 3.31. The monoisotopic (exact) mass is 152 g/mol. The zero-order valence-corrected chi connectivity index (χ0v) is 5.83. The second-order valence-corrected chi connectivity index (χ2v) is 2.99. The smallest absolute Gasteiger partial charge is 0.0877 e. The first-order valence-corrected chi connectivity index (χ1v) is 3.11. The van der Waals surface area contributed by atoms with Crippen LogP contribution in [0.15, 0.2) is 0 Å². The van der Waals surface area contributed by atoms with Crippen molar-refractivity contribution in [2.75, 3.05) is 13.6 Å². The van der Waals surface area contributed by atoms with E-state index in [2.05, 4.69) is 35.2 Å². The van der Waals surface area contributed by atoms with Gasteiger partial charge >= 0.3 is 0 Å². The van der Waals surface area contributed by atoms with Crippen LogP contribution in [0, 0.1) is 0 Å². The average Bonchev–Trinajstić information content (AvgIpc) is 1.35. The molecule has 6 heavy (non-hydrogen) atoms. The third-order valence-electron chi connectivity index (χ3n) is 0.560. The van der Waals surface area contributed by atoms with Gasteiger partial charge in [-0.3, -0.25) is 0 Å². The van der Waals surface area contributed by atoms with Gasteiger partial charge in [0.2, 0.25) is 0 Å². The summed E-state index contributed by atoms with van der Waals surface area (Å²) in [7, 11) is 2.07. The van der Waals surface area contributed by atoms with Gasteiger partial charge in [0.05, 0.1) is 18.4 Å². The Hall–Kier alpha value is 0.440. The molecule has 0 rings (SSSR count). The van der Waals surface area contributed by atoms with E-state index in [1.807, 2.05) is 0 Å². The zero-order chi connectivity index (χ0) is 4.99. The van der Waals surface area contributed by atoms with Crippen molar-refractivity contribution in [3.8, 4) is 0 Å². The van der Waals surface area contributed by atoms with Crippen molar-refractivity contribution in [2.24, 2.45) is 0 Å². The zero-order valence-electron chi connectivity index (χ0n) is 4.24. The van der Waals surface area contributed by atoms with E-state index in [1.54, 1.807) is 0 Å². The van der Waals surface area contributed by atoms with Crippen molar-refractivity contribution in [3.63, 3.8) is 0 Å². The molecule has 0 aromatic rings. The lowest BCUT2D eigenvalue weighted by atomic mass is 10.5. The predicted octanol–water partition coefficient (Wildman–Crippen LogP) is -0.0370. The molecule has 0 aromatic heterocycles. The largest absolute Gasteiger partial charge is 0.348 e. The van der Waals surface area contributed by atoms with Gasteiger partial charge in [-0.1, -0.05) is 15.9 Å². The minimum atomic E-state index is 0.655. The van der Waals surface area contributed by atoms with Crippen LogP contribution in [-0.4, -0.2) is 18.4 Å². The van der Waals surface area contributed by atoms with Gasteiger partial charge in [0.1, 0.15) is 0 Å². The molecule has 0 aromatic carbocycles. The molecule has 0 bridgehead atoms. The van der Waals surface area contributed by atoms with Crippen LogP contribution in [0.25, 0.3) is 0 Å². The van der Waals surface area contributed by atoms with Gasteiger partial charge < -0.3 is 5.32 Å². The molecule has 0 aliphatic carbocycles. The minimum absolute atomic E-state index is 0.655. The Morgan fingerprint density at radius 2 is 2.33 bits per heavy atom. The summed E-state index contributed by atoms with van der Waals surface area (Å²) < 4.78 is 0. The van der Waals surface area contributed by atoms with Crippen LogP contribution in [0.5, 0.6) is 0 Å². The van der Waals surface area contributed by atoms with E-state index in [0.717, 1.165) is 0 Å². The van der Waals surface area contributed by atoms with E-state index in [-0.39, 0.29) is 0 Å². The first kappa shape index (κ1) is 6.44. The molecule has 1 nitrogen and oxygen atoms in total. The van der Waals surface area contributed by atoms with E-state index < -0.39 is 0 Å². The Morgan fingerprint density at radius 3 is 2.33 bits per heavy atom. The van der Waals surface area contributed by atoms with Gasteiger partial charge in [0.15, 0.2) is 0 Å². The molecule has 0 aliphatic heterocycles. The summed E-state index contributed by atoms with van der Waals surface area (Å²) in [5, 5.41) is 2.15. The third kappa shape index (κ3) is 4.44. The van der Waals surface area contributed by atoms with Crippen LogP contribution in [0.4, 0.5) is 0 Å². The lowest BCUT2D eigenvalue weighted by Crippen LogP contribution is -2.81. The molecule has 1 atom stereocenters. The van der Waals surface area contributed by atoms with Crippen LogP contribution in [0.2, 0.25) is 0 Å². The van der Waals surface area contributed by atoms with Gasteiger partial charge in [-0.05, 0) is 6.92 Å². The second-order valence-electron chi connectivity index (χ2n) is 1.42. The normalized spacial score (nSPS) is 14.5. The fourth-order valence-corrected chi connectivity index (χ4v) is 0.699. The second kappa shape index (κ2) is 3.62. The Kier molecular flexibility index (Phi) is 3.89. The molecule has 0 fully saturated rings. The SMILES string of the molecule is C[NH2+]CC(C)Br. The number of alkyl halides is 1.